The van der Waals surface area contributed by atoms with Crippen LogP contribution in [0.25, 0.3) is 22.2 Å². The third-order valence-corrected chi connectivity index (χ3v) is 5.57. The Morgan fingerprint density at radius 3 is 2.81 bits per heavy atom. The van der Waals surface area contributed by atoms with Gasteiger partial charge in [0, 0.05) is 5.56 Å². The number of anilines is 1. The van der Waals surface area contributed by atoms with Crippen LogP contribution in [0.4, 0.5) is 5.13 Å². The molecule has 0 aliphatic heterocycles. The number of hydrogen-bond donors (Lipinski definition) is 1. The van der Waals surface area contributed by atoms with Crippen molar-refractivity contribution in [2.24, 2.45) is 0 Å². The fraction of sp³-hybridized carbons (Fsp3) is 0.167. The summed E-state index contributed by atoms with van der Waals surface area (Å²) in [4.78, 5) is 12.1. The van der Waals surface area contributed by atoms with Gasteiger partial charge < -0.3 is 4.42 Å². The molecule has 0 aliphatic carbocycles. The van der Waals surface area contributed by atoms with E-state index in [-0.39, 0.29) is 11.7 Å². The lowest BCUT2D eigenvalue weighted by Crippen LogP contribution is -2.13. The van der Waals surface area contributed by atoms with Gasteiger partial charge in [0.2, 0.25) is 16.9 Å². The predicted octanol–water partition coefficient (Wildman–Crippen LogP) is 4.03. The highest BCUT2D eigenvalue weighted by Gasteiger charge is 2.14. The average molecular weight is 397 g/mol. The molecule has 2 aromatic heterocycles. The molecule has 0 saturated carbocycles. The summed E-state index contributed by atoms with van der Waals surface area (Å²) in [5.74, 6) is 0.396. The van der Waals surface area contributed by atoms with E-state index in [1.54, 1.807) is 0 Å². The normalized spacial score (nSPS) is 11.0. The summed E-state index contributed by atoms with van der Waals surface area (Å²) in [5, 5.41) is 22.7. The van der Waals surface area contributed by atoms with Gasteiger partial charge in [-0.3, -0.25) is 10.1 Å². The van der Waals surface area contributed by atoms with Crippen LogP contribution in [-0.2, 0) is 11.2 Å². The van der Waals surface area contributed by atoms with E-state index in [0.29, 0.717) is 16.2 Å². The lowest BCUT2D eigenvalue weighted by atomic mass is 10.0. The second kappa shape index (κ2) is 7.85. The summed E-state index contributed by atoms with van der Waals surface area (Å²) in [6, 6.07) is 13.9. The van der Waals surface area contributed by atoms with Crippen molar-refractivity contribution in [3.63, 3.8) is 0 Å². The minimum atomic E-state index is -0.191. The number of nitrogens with one attached hydrogen (secondary N) is 1. The van der Waals surface area contributed by atoms with Crippen LogP contribution in [0.1, 0.15) is 11.9 Å². The summed E-state index contributed by atoms with van der Waals surface area (Å²) in [5.41, 5.74) is 0.873. The summed E-state index contributed by atoms with van der Waals surface area (Å²) in [7, 11) is 0. The molecule has 4 aromatic rings. The van der Waals surface area contributed by atoms with Crippen LogP contribution in [0.5, 0.6) is 0 Å². The van der Waals surface area contributed by atoms with Crippen LogP contribution < -0.4 is 5.32 Å². The maximum Gasteiger partial charge on any atom is 0.277 e. The lowest BCUT2D eigenvalue weighted by molar-refractivity contribution is -0.113. The molecule has 9 heteroatoms. The highest BCUT2D eigenvalue weighted by atomic mass is 32.2. The van der Waals surface area contributed by atoms with E-state index in [4.69, 9.17) is 4.42 Å². The molecule has 1 N–H and O–H groups in total. The van der Waals surface area contributed by atoms with Gasteiger partial charge in [-0.15, -0.1) is 20.4 Å². The van der Waals surface area contributed by atoms with Gasteiger partial charge in [-0.1, -0.05) is 66.4 Å². The highest BCUT2D eigenvalue weighted by Crippen LogP contribution is 2.29. The molecule has 0 saturated heterocycles. The maximum atomic E-state index is 12.1. The summed E-state index contributed by atoms with van der Waals surface area (Å²) < 4.78 is 5.74. The first kappa shape index (κ1) is 17.6. The van der Waals surface area contributed by atoms with Crippen molar-refractivity contribution in [2.75, 3.05) is 11.1 Å². The van der Waals surface area contributed by atoms with E-state index in [1.807, 2.05) is 49.4 Å². The zero-order chi connectivity index (χ0) is 18.6. The first-order valence-electron chi connectivity index (χ1n) is 8.29. The summed E-state index contributed by atoms with van der Waals surface area (Å²) >= 11 is 2.56. The number of rotatable bonds is 6. The smallest absolute Gasteiger partial charge is 0.277 e. The Balaban J connectivity index is 1.43. The molecule has 1 amide bonds. The summed E-state index contributed by atoms with van der Waals surface area (Å²) in [6.07, 6.45) is 0.793. The number of thioether (sulfide) groups is 1. The van der Waals surface area contributed by atoms with Gasteiger partial charge in [0.25, 0.3) is 5.22 Å². The third kappa shape index (κ3) is 3.99. The fourth-order valence-corrected chi connectivity index (χ4v) is 3.78. The van der Waals surface area contributed by atoms with E-state index in [2.05, 4.69) is 25.7 Å². The molecule has 0 bridgehead atoms. The van der Waals surface area contributed by atoms with Crippen LogP contribution in [0.15, 0.2) is 52.1 Å². The Morgan fingerprint density at radius 2 is 1.96 bits per heavy atom. The van der Waals surface area contributed by atoms with E-state index < -0.39 is 0 Å². The van der Waals surface area contributed by atoms with Crippen molar-refractivity contribution < 1.29 is 9.21 Å². The molecule has 0 fully saturated rings. The topological polar surface area (TPSA) is 93.8 Å². The van der Waals surface area contributed by atoms with Gasteiger partial charge >= 0.3 is 0 Å². The predicted molar refractivity (Wildman–Crippen MR) is 106 cm³/mol. The Hall–Kier alpha value is -2.78. The Labute approximate surface area is 163 Å². The van der Waals surface area contributed by atoms with Crippen LogP contribution in [0.2, 0.25) is 0 Å². The quantitative estimate of drug-likeness (QED) is 0.491. The van der Waals surface area contributed by atoms with Crippen LogP contribution >= 0.6 is 23.1 Å². The van der Waals surface area contributed by atoms with Gasteiger partial charge in [0.1, 0.15) is 5.01 Å². The Bertz CT molecular complexity index is 1090. The molecule has 27 heavy (non-hydrogen) atoms. The minimum absolute atomic E-state index is 0.151. The minimum Gasteiger partial charge on any atom is -0.411 e. The lowest BCUT2D eigenvalue weighted by Gasteiger charge is -2.01. The van der Waals surface area contributed by atoms with Crippen molar-refractivity contribution in [1.82, 2.24) is 20.4 Å². The second-order valence-electron chi connectivity index (χ2n) is 5.59. The van der Waals surface area contributed by atoms with Gasteiger partial charge in [-0.25, -0.2) is 0 Å². The molecule has 0 unspecified atom stereocenters. The molecule has 2 heterocycles. The molecule has 0 aliphatic rings. The van der Waals surface area contributed by atoms with Gasteiger partial charge in [-0.2, -0.15) is 0 Å². The largest absolute Gasteiger partial charge is 0.411 e. The molecule has 136 valence electrons. The number of aromatic nitrogens is 4. The van der Waals surface area contributed by atoms with Crippen molar-refractivity contribution in [1.29, 1.82) is 0 Å². The molecule has 0 spiro atoms. The number of fused-ring (bicyclic) bond motifs is 1. The van der Waals surface area contributed by atoms with Gasteiger partial charge in [0.15, 0.2) is 0 Å². The molecule has 0 radical (unpaired) electrons. The Kier molecular flexibility index (Phi) is 5.12. The van der Waals surface area contributed by atoms with Crippen LogP contribution in [0, 0.1) is 0 Å². The van der Waals surface area contributed by atoms with Crippen LogP contribution in [0.3, 0.4) is 0 Å². The average Bonchev–Trinajstić information content (AvgIpc) is 3.35. The SMILES string of the molecule is CCc1nnc(NC(=O)CSc2nnc(-c3cccc4ccccc34)o2)s1. The second-order valence-corrected chi connectivity index (χ2v) is 7.58. The first-order valence-corrected chi connectivity index (χ1v) is 10.1. The number of nitrogens with zero attached hydrogens (tertiary/aromatic N) is 4. The van der Waals surface area contributed by atoms with Crippen molar-refractivity contribution in [3.05, 3.63) is 47.5 Å². The van der Waals surface area contributed by atoms with Gasteiger partial charge in [-0.05, 0) is 23.3 Å². The third-order valence-electron chi connectivity index (χ3n) is 3.77. The fourth-order valence-electron chi connectivity index (χ4n) is 2.52. The number of carbonyl (C=O) groups is 1. The van der Waals surface area contributed by atoms with Crippen molar-refractivity contribution >= 4 is 44.9 Å². The molecular formula is C18H15N5O2S2. The molecule has 2 aromatic carbocycles. The van der Waals surface area contributed by atoms with E-state index in [9.17, 15) is 4.79 Å². The summed E-state index contributed by atoms with van der Waals surface area (Å²) in [6.45, 7) is 1.99. The van der Waals surface area contributed by atoms with Crippen LogP contribution in [-0.4, -0.2) is 32.1 Å². The van der Waals surface area contributed by atoms with Gasteiger partial charge in [0.05, 0.1) is 5.75 Å². The molecule has 7 nitrogen and oxygen atoms in total. The molecular weight excluding hydrogens is 382 g/mol. The number of hydrogen-bond acceptors (Lipinski definition) is 8. The van der Waals surface area contributed by atoms with E-state index >= 15 is 0 Å². The van der Waals surface area contributed by atoms with E-state index in [0.717, 1.165) is 27.8 Å². The van der Waals surface area contributed by atoms with Crippen molar-refractivity contribution in [2.45, 2.75) is 18.6 Å². The first-order chi connectivity index (χ1) is 13.2. The number of aryl methyl sites for hydroxylation is 1. The maximum absolute atomic E-state index is 12.1. The zero-order valence-corrected chi connectivity index (χ0v) is 16.0. The van der Waals surface area contributed by atoms with Crippen molar-refractivity contribution in [3.8, 4) is 11.5 Å². The standard InChI is InChI=1S/C18H15N5O2S2/c1-2-15-20-22-17(27-15)19-14(24)10-26-18-23-21-16(25-18)13-9-5-7-11-6-3-4-8-12(11)13/h3-9H,2,10H2,1H3,(H,19,22,24). The number of benzene rings is 2. The monoisotopic (exact) mass is 397 g/mol. The molecule has 0 atom stereocenters. The number of amides is 1. The zero-order valence-electron chi connectivity index (χ0n) is 14.4. The Morgan fingerprint density at radius 1 is 1.11 bits per heavy atom. The van der Waals surface area contributed by atoms with E-state index in [1.165, 1.54) is 23.1 Å². The molecule has 4 rings (SSSR count). The highest BCUT2D eigenvalue weighted by molar-refractivity contribution is 7.99. The number of carbonyl (C=O) groups excluding carboxylic acids is 1.